The first-order valence-corrected chi connectivity index (χ1v) is 6.26. The molecule has 0 aliphatic rings. The molecule has 0 aliphatic heterocycles. The van der Waals surface area contributed by atoms with E-state index in [1.807, 2.05) is 0 Å². The van der Waals surface area contributed by atoms with E-state index >= 15 is 0 Å². The largest absolute Gasteiger partial charge is 0.329 e. The van der Waals surface area contributed by atoms with Crippen LogP contribution in [0.25, 0.3) is 0 Å². The van der Waals surface area contributed by atoms with Crippen LogP contribution in [0.15, 0.2) is 24.3 Å². The van der Waals surface area contributed by atoms with Gasteiger partial charge in [0.15, 0.2) is 0 Å². The van der Waals surface area contributed by atoms with Crippen LogP contribution in [0.4, 0.5) is 0 Å². The molecule has 16 heavy (non-hydrogen) atoms. The molecule has 0 aliphatic carbocycles. The Labute approximate surface area is 99.2 Å². The molecule has 0 radical (unpaired) electrons. The van der Waals surface area contributed by atoms with Crippen LogP contribution in [0.5, 0.6) is 0 Å². The van der Waals surface area contributed by atoms with Crippen LogP contribution in [-0.2, 0) is 6.42 Å². The van der Waals surface area contributed by atoms with Crippen molar-refractivity contribution in [3.63, 3.8) is 0 Å². The summed E-state index contributed by atoms with van der Waals surface area (Å²) in [6.07, 6.45) is 2.19. The molecule has 2 atom stereocenters. The maximum absolute atomic E-state index is 5.87. The summed E-state index contributed by atoms with van der Waals surface area (Å²) in [6.45, 7) is 7.24. The van der Waals surface area contributed by atoms with Crippen molar-refractivity contribution < 1.29 is 0 Å². The third-order valence-electron chi connectivity index (χ3n) is 3.15. The third kappa shape index (κ3) is 3.32. The molecule has 0 spiro atoms. The summed E-state index contributed by atoms with van der Waals surface area (Å²) in [5.74, 6) is 0. The van der Waals surface area contributed by atoms with E-state index in [0.29, 0.717) is 12.6 Å². The average molecular weight is 220 g/mol. The molecule has 2 unspecified atom stereocenters. The Morgan fingerprint density at radius 1 is 1.25 bits per heavy atom. The Morgan fingerprint density at radius 3 is 2.50 bits per heavy atom. The Balaban J connectivity index is 2.85. The number of hydrogen-bond donors (Lipinski definition) is 2. The molecule has 2 nitrogen and oxygen atoms in total. The molecule has 90 valence electrons. The van der Waals surface area contributed by atoms with Crippen molar-refractivity contribution in [1.82, 2.24) is 5.32 Å². The molecule has 1 rings (SSSR count). The van der Waals surface area contributed by atoms with E-state index in [9.17, 15) is 0 Å². The predicted molar refractivity (Wildman–Crippen MR) is 70.5 cm³/mol. The van der Waals surface area contributed by atoms with E-state index in [-0.39, 0.29) is 6.04 Å². The van der Waals surface area contributed by atoms with Crippen LogP contribution in [-0.4, -0.2) is 12.6 Å². The molecular weight excluding hydrogens is 196 g/mol. The van der Waals surface area contributed by atoms with Crippen LogP contribution in [0.2, 0.25) is 0 Å². The van der Waals surface area contributed by atoms with Gasteiger partial charge in [0.2, 0.25) is 0 Å². The Morgan fingerprint density at radius 2 is 1.94 bits per heavy atom. The second kappa shape index (κ2) is 6.66. The smallest absolute Gasteiger partial charge is 0.0449 e. The molecule has 1 aromatic carbocycles. The minimum atomic E-state index is 0.283. The van der Waals surface area contributed by atoms with E-state index < -0.39 is 0 Å². The van der Waals surface area contributed by atoms with Crippen molar-refractivity contribution in [2.24, 2.45) is 5.73 Å². The van der Waals surface area contributed by atoms with Gasteiger partial charge < -0.3 is 11.1 Å². The Bertz CT molecular complexity index is 309. The van der Waals surface area contributed by atoms with E-state index in [4.69, 9.17) is 5.73 Å². The minimum absolute atomic E-state index is 0.283. The maximum Gasteiger partial charge on any atom is 0.0449 e. The fourth-order valence-corrected chi connectivity index (χ4v) is 1.94. The molecule has 0 bridgehead atoms. The van der Waals surface area contributed by atoms with Crippen molar-refractivity contribution in [3.8, 4) is 0 Å². The van der Waals surface area contributed by atoms with Crippen LogP contribution >= 0.6 is 0 Å². The highest BCUT2D eigenvalue weighted by Crippen LogP contribution is 2.18. The molecule has 2 heteroatoms. The maximum atomic E-state index is 5.87. The van der Waals surface area contributed by atoms with Gasteiger partial charge in [-0.05, 0) is 30.9 Å². The third-order valence-corrected chi connectivity index (χ3v) is 3.15. The lowest BCUT2D eigenvalue weighted by molar-refractivity contribution is 0.450. The van der Waals surface area contributed by atoms with Gasteiger partial charge in [-0.15, -0.1) is 0 Å². The van der Waals surface area contributed by atoms with Gasteiger partial charge in [0.05, 0.1) is 0 Å². The van der Waals surface area contributed by atoms with Gasteiger partial charge in [-0.25, -0.2) is 0 Å². The number of aryl methyl sites for hydroxylation is 1. The van der Waals surface area contributed by atoms with Crippen molar-refractivity contribution in [1.29, 1.82) is 0 Å². The highest BCUT2D eigenvalue weighted by atomic mass is 15.0. The van der Waals surface area contributed by atoms with Crippen molar-refractivity contribution in [3.05, 3.63) is 35.4 Å². The number of hydrogen-bond acceptors (Lipinski definition) is 2. The van der Waals surface area contributed by atoms with Gasteiger partial charge in [-0.3, -0.25) is 0 Å². The molecule has 0 heterocycles. The van der Waals surface area contributed by atoms with Crippen LogP contribution in [0, 0.1) is 0 Å². The summed E-state index contributed by atoms with van der Waals surface area (Å²) in [6, 6.07) is 9.36. The lowest BCUT2D eigenvalue weighted by atomic mass is 9.98. The van der Waals surface area contributed by atoms with E-state index in [0.717, 1.165) is 12.8 Å². The quantitative estimate of drug-likeness (QED) is 0.773. The zero-order valence-electron chi connectivity index (χ0n) is 10.7. The predicted octanol–water partition coefficient (Wildman–Crippen LogP) is 2.64. The van der Waals surface area contributed by atoms with Crippen LogP contribution in [0.1, 0.15) is 44.4 Å². The van der Waals surface area contributed by atoms with Crippen LogP contribution in [0.3, 0.4) is 0 Å². The van der Waals surface area contributed by atoms with Crippen molar-refractivity contribution in [2.75, 3.05) is 6.54 Å². The highest BCUT2D eigenvalue weighted by Gasteiger charge is 2.14. The zero-order chi connectivity index (χ0) is 12.0. The normalized spacial score (nSPS) is 14.8. The molecule has 0 amide bonds. The molecular formula is C14H24N2. The molecule has 0 aromatic heterocycles. The Kier molecular flexibility index (Phi) is 5.50. The van der Waals surface area contributed by atoms with E-state index in [1.54, 1.807) is 0 Å². The summed E-state index contributed by atoms with van der Waals surface area (Å²) < 4.78 is 0. The topological polar surface area (TPSA) is 38.0 Å². The average Bonchev–Trinajstić information content (AvgIpc) is 2.35. The van der Waals surface area contributed by atoms with Gasteiger partial charge in [0.25, 0.3) is 0 Å². The monoisotopic (exact) mass is 220 g/mol. The van der Waals surface area contributed by atoms with Gasteiger partial charge in [0, 0.05) is 18.6 Å². The van der Waals surface area contributed by atoms with Crippen molar-refractivity contribution in [2.45, 2.75) is 45.7 Å². The second-order valence-electron chi connectivity index (χ2n) is 4.32. The SMILES string of the molecule is CCc1ccccc1C(CN)NC(C)CC. The lowest BCUT2D eigenvalue weighted by Crippen LogP contribution is -2.35. The van der Waals surface area contributed by atoms with Crippen molar-refractivity contribution >= 4 is 0 Å². The summed E-state index contributed by atoms with van der Waals surface area (Å²) in [7, 11) is 0. The fraction of sp³-hybridized carbons (Fsp3) is 0.571. The fourth-order valence-electron chi connectivity index (χ4n) is 1.94. The van der Waals surface area contributed by atoms with Crippen LogP contribution < -0.4 is 11.1 Å². The van der Waals surface area contributed by atoms with E-state index in [2.05, 4.69) is 50.4 Å². The minimum Gasteiger partial charge on any atom is -0.329 e. The second-order valence-corrected chi connectivity index (χ2v) is 4.32. The number of nitrogens with one attached hydrogen (secondary N) is 1. The molecule has 0 saturated heterocycles. The van der Waals surface area contributed by atoms with Gasteiger partial charge >= 0.3 is 0 Å². The molecule has 0 saturated carbocycles. The first kappa shape index (κ1) is 13.2. The van der Waals surface area contributed by atoms with Gasteiger partial charge in [0.1, 0.15) is 0 Å². The lowest BCUT2D eigenvalue weighted by Gasteiger charge is -2.23. The van der Waals surface area contributed by atoms with Gasteiger partial charge in [-0.2, -0.15) is 0 Å². The summed E-state index contributed by atoms with van der Waals surface area (Å²) in [5, 5.41) is 3.58. The molecule has 3 N–H and O–H groups in total. The number of rotatable bonds is 6. The Hall–Kier alpha value is -0.860. The van der Waals surface area contributed by atoms with Gasteiger partial charge in [-0.1, -0.05) is 38.1 Å². The number of nitrogens with two attached hydrogens (primary N) is 1. The highest BCUT2D eigenvalue weighted by molar-refractivity contribution is 5.30. The molecule has 1 aromatic rings. The first-order chi connectivity index (χ1) is 7.72. The first-order valence-electron chi connectivity index (χ1n) is 6.26. The zero-order valence-corrected chi connectivity index (χ0v) is 10.7. The standard InChI is InChI=1S/C14H24N2/c1-4-11(3)16-14(10-15)13-9-7-6-8-12(13)5-2/h6-9,11,14,16H,4-5,10,15H2,1-3H3. The molecule has 0 fully saturated rings. The summed E-state index contributed by atoms with van der Waals surface area (Å²) in [4.78, 5) is 0. The summed E-state index contributed by atoms with van der Waals surface area (Å²) >= 11 is 0. The summed E-state index contributed by atoms with van der Waals surface area (Å²) in [5.41, 5.74) is 8.62. The number of benzene rings is 1. The van der Waals surface area contributed by atoms with E-state index in [1.165, 1.54) is 11.1 Å².